The summed E-state index contributed by atoms with van der Waals surface area (Å²) in [6, 6.07) is 22.9. The van der Waals surface area contributed by atoms with Crippen molar-refractivity contribution in [3.63, 3.8) is 0 Å². The number of ether oxygens (including phenoxy) is 1. The molecule has 4 rings (SSSR count). The standard InChI is InChI=1S/C22H17ClN2O4/c23-20-10-2-1-6-18(20)14-28-19-9-4-8-17(12-19)16-7-3-5-15(11-16)13-25-21(26)24-22(27)29-25/h1-12H,13-14H2,(H,24,26,27). The Balaban J connectivity index is 1.53. The third kappa shape index (κ3) is 4.50. The van der Waals surface area contributed by atoms with E-state index < -0.39 is 11.4 Å². The first-order valence-corrected chi connectivity index (χ1v) is 9.32. The average Bonchev–Trinajstić information content (AvgIpc) is 3.04. The number of nitrogens with one attached hydrogen (secondary N) is 1. The van der Waals surface area contributed by atoms with Crippen LogP contribution in [0.25, 0.3) is 11.1 Å². The molecule has 4 aromatic rings. The largest absolute Gasteiger partial charge is 0.489 e. The van der Waals surface area contributed by atoms with E-state index in [2.05, 4.69) is 4.98 Å². The van der Waals surface area contributed by atoms with Crippen molar-refractivity contribution in [1.29, 1.82) is 0 Å². The van der Waals surface area contributed by atoms with Crippen molar-refractivity contribution in [1.82, 2.24) is 9.72 Å². The molecule has 146 valence electrons. The predicted octanol–water partition coefficient (Wildman–Crippen LogP) is 4.08. The number of aromatic nitrogens is 2. The molecule has 0 saturated carbocycles. The fourth-order valence-electron chi connectivity index (χ4n) is 2.98. The van der Waals surface area contributed by atoms with Gasteiger partial charge in [-0.05, 0) is 41.0 Å². The molecule has 0 amide bonds. The van der Waals surface area contributed by atoms with E-state index in [0.717, 1.165) is 32.7 Å². The van der Waals surface area contributed by atoms with Gasteiger partial charge in [0.1, 0.15) is 12.4 Å². The van der Waals surface area contributed by atoms with Gasteiger partial charge in [-0.2, -0.15) is 0 Å². The van der Waals surface area contributed by atoms with Crippen LogP contribution < -0.4 is 16.2 Å². The molecule has 1 N–H and O–H groups in total. The van der Waals surface area contributed by atoms with Gasteiger partial charge in [0, 0.05) is 10.6 Å². The normalized spacial score (nSPS) is 10.8. The summed E-state index contributed by atoms with van der Waals surface area (Å²) in [4.78, 5) is 24.9. The number of H-pyrrole nitrogens is 1. The number of benzene rings is 3. The van der Waals surface area contributed by atoms with Crippen LogP contribution in [-0.2, 0) is 13.2 Å². The lowest BCUT2D eigenvalue weighted by Gasteiger charge is -2.10. The monoisotopic (exact) mass is 408 g/mol. The molecule has 0 unspecified atom stereocenters. The molecule has 1 aromatic heterocycles. The van der Waals surface area contributed by atoms with E-state index in [1.54, 1.807) is 0 Å². The number of nitrogens with zero attached hydrogens (tertiary/aromatic N) is 1. The van der Waals surface area contributed by atoms with Crippen LogP contribution in [0.2, 0.25) is 5.02 Å². The van der Waals surface area contributed by atoms with Crippen LogP contribution in [0.3, 0.4) is 0 Å². The van der Waals surface area contributed by atoms with Gasteiger partial charge in [-0.3, -0.25) is 0 Å². The Hall–Kier alpha value is -3.51. The Morgan fingerprint density at radius 3 is 2.45 bits per heavy atom. The highest BCUT2D eigenvalue weighted by Gasteiger charge is 2.07. The molecule has 29 heavy (non-hydrogen) atoms. The summed E-state index contributed by atoms with van der Waals surface area (Å²) in [5.74, 6) is -0.0461. The summed E-state index contributed by atoms with van der Waals surface area (Å²) in [7, 11) is 0. The lowest BCUT2D eigenvalue weighted by molar-refractivity contribution is 0.258. The van der Waals surface area contributed by atoms with Crippen molar-refractivity contribution in [2.24, 2.45) is 0 Å². The van der Waals surface area contributed by atoms with E-state index in [-0.39, 0.29) is 6.54 Å². The molecule has 6 nitrogen and oxygen atoms in total. The molecule has 7 heteroatoms. The maximum Gasteiger partial charge on any atom is 0.440 e. The van der Waals surface area contributed by atoms with Crippen LogP contribution in [0.1, 0.15) is 11.1 Å². The van der Waals surface area contributed by atoms with Crippen LogP contribution in [0.4, 0.5) is 0 Å². The molecule has 0 saturated heterocycles. The second-order valence-corrected chi connectivity index (χ2v) is 6.86. The SMILES string of the molecule is O=c1[nH]c(=O)n(Cc2cccc(-c3cccc(OCc4ccccc4Cl)c3)c2)o1. The number of rotatable bonds is 6. The molecule has 0 atom stereocenters. The first-order valence-electron chi connectivity index (χ1n) is 8.94. The van der Waals surface area contributed by atoms with Crippen molar-refractivity contribution >= 4 is 11.6 Å². The van der Waals surface area contributed by atoms with Gasteiger partial charge in [-0.1, -0.05) is 60.1 Å². The highest BCUT2D eigenvalue weighted by Crippen LogP contribution is 2.26. The molecule has 1 heterocycles. The summed E-state index contributed by atoms with van der Waals surface area (Å²) >= 11 is 6.18. The minimum absolute atomic E-state index is 0.161. The lowest BCUT2D eigenvalue weighted by Crippen LogP contribution is -2.17. The quantitative estimate of drug-likeness (QED) is 0.521. The van der Waals surface area contributed by atoms with Crippen molar-refractivity contribution in [2.75, 3.05) is 0 Å². The molecule has 0 aliphatic heterocycles. The Labute approximate surface area is 170 Å². The van der Waals surface area contributed by atoms with Gasteiger partial charge in [0.2, 0.25) is 0 Å². The Morgan fingerprint density at radius 2 is 1.69 bits per heavy atom. The minimum atomic E-state index is -0.769. The van der Waals surface area contributed by atoms with Crippen LogP contribution in [0.5, 0.6) is 5.75 Å². The number of halogens is 1. The summed E-state index contributed by atoms with van der Waals surface area (Å²) in [6.45, 7) is 0.534. The van der Waals surface area contributed by atoms with E-state index in [1.807, 2.05) is 72.8 Å². The van der Waals surface area contributed by atoms with Crippen molar-refractivity contribution < 1.29 is 9.26 Å². The third-order valence-electron chi connectivity index (χ3n) is 4.40. The van der Waals surface area contributed by atoms with E-state index in [9.17, 15) is 9.59 Å². The second-order valence-electron chi connectivity index (χ2n) is 6.45. The zero-order chi connectivity index (χ0) is 20.2. The first kappa shape index (κ1) is 18.8. The van der Waals surface area contributed by atoms with Crippen molar-refractivity contribution in [3.8, 4) is 16.9 Å². The fourth-order valence-corrected chi connectivity index (χ4v) is 3.17. The molecular weight excluding hydrogens is 392 g/mol. The molecule has 0 aliphatic rings. The van der Waals surface area contributed by atoms with Gasteiger partial charge in [0.05, 0.1) is 6.54 Å². The molecule has 0 spiro atoms. The Morgan fingerprint density at radius 1 is 0.931 bits per heavy atom. The zero-order valence-electron chi connectivity index (χ0n) is 15.3. The molecule has 3 aromatic carbocycles. The van der Waals surface area contributed by atoms with E-state index in [4.69, 9.17) is 20.9 Å². The van der Waals surface area contributed by atoms with Crippen LogP contribution in [-0.4, -0.2) is 9.72 Å². The second kappa shape index (κ2) is 8.24. The Bertz CT molecular complexity index is 1260. The summed E-state index contributed by atoms with van der Waals surface area (Å²) < 4.78 is 11.7. The third-order valence-corrected chi connectivity index (χ3v) is 4.77. The summed E-state index contributed by atoms with van der Waals surface area (Å²) in [5, 5.41) is 0.669. The summed E-state index contributed by atoms with van der Waals surface area (Å²) in [6.07, 6.45) is 0. The molecular formula is C22H17ClN2O4. The smallest absolute Gasteiger partial charge is 0.440 e. The zero-order valence-corrected chi connectivity index (χ0v) is 16.1. The van der Waals surface area contributed by atoms with Gasteiger partial charge in [-0.25, -0.2) is 14.6 Å². The fraction of sp³-hybridized carbons (Fsp3) is 0.0909. The average molecular weight is 409 g/mol. The van der Waals surface area contributed by atoms with E-state index in [1.165, 1.54) is 0 Å². The van der Waals surface area contributed by atoms with Gasteiger partial charge < -0.3 is 9.26 Å². The highest BCUT2D eigenvalue weighted by molar-refractivity contribution is 6.31. The molecule has 0 aliphatic carbocycles. The molecule has 0 bridgehead atoms. The number of aromatic amines is 1. The van der Waals surface area contributed by atoms with E-state index in [0.29, 0.717) is 11.6 Å². The molecule has 0 radical (unpaired) electrons. The Kier molecular flexibility index (Phi) is 5.35. The first-order chi connectivity index (χ1) is 14.1. The minimum Gasteiger partial charge on any atom is -0.489 e. The lowest BCUT2D eigenvalue weighted by atomic mass is 10.0. The maximum atomic E-state index is 11.6. The van der Waals surface area contributed by atoms with Crippen molar-refractivity contribution in [2.45, 2.75) is 13.2 Å². The summed E-state index contributed by atoms with van der Waals surface area (Å²) in [5.41, 5.74) is 3.09. The predicted molar refractivity (Wildman–Crippen MR) is 110 cm³/mol. The number of hydrogen-bond acceptors (Lipinski definition) is 4. The van der Waals surface area contributed by atoms with Gasteiger partial charge in [0.25, 0.3) is 0 Å². The highest BCUT2D eigenvalue weighted by atomic mass is 35.5. The van der Waals surface area contributed by atoms with Crippen LogP contribution >= 0.6 is 11.6 Å². The topological polar surface area (TPSA) is 77.2 Å². The number of hydrogen-bond donors (Lipinski definition) is 1. The van der Waals surface area contributed by atoms with E-state index >= 15 is 0 Å². The molecule has 0 fully saturated rings. The van der Waals surface area contributed by atoms with Crippen molar-refractivity contribution in [3.05, 3.63) is 110 Å². The van der Waals surface area contributed by atoms with Gasteiger partial charge in [0.15, 0.2) is 0 Å². The maximum absolute atomic E-state index is 11.6. The van der Waals surface area contributed by atoms with Gasteiger partial charge >= 0.3 is 11.4 Å². The van der Waals surface area contributed by atoms with Gasteiger partial charge in [-0.15, -0.1) is 4.74 Å². The van der Waals surface area contributed by atoms with Crippen LogP contribution in [0, 0.1) is 0 Å². The van der Waals surface area contributed by atoms with Crippen LogP contribution in [0.15, 0.2) is 86.9 Å².